The first-order valence-electron chi connectivity index (χ1n) is 4.69. The number of aliphatic hydroxyl groups is 1. The number of alkyl halides is 1. The number of aliphatic carboxylic acids is 1. The van der Waals surface area contributed by atoms with Crippen LogP contribution in [0.2, 0.25) is 0 Å². The number of aliphatic hydroxyl groups excluding tert-OH is 1. The summed E-state index contributed by atoms with van der Waals surface area (Å²) in [6.45, 7) is 1.44. The number of carbonyl (C=O) groups is 2. The van der Waals surface area contributed by atoms with Gasteiger partial charge in [0.1, 0.15) is 5.78 Å². The van der Waals surface area contributed by atoms with Gasteiger partial charge in [-0.2, -0.15) is 0 Å². The molecule has 0 spiro atoms. The van der Waals surface area contributed by atoms with Gasteiger partial charge in [0.2, 0.25) is 0 Å². The summed E-state index contributed by atoms with van der Waals surface area (Å²) in [4.78, 5) is 21.5. The molecule has 1 rings (SSSR count). The van der Waals surface area contributed by atoms with Crippen LogP contribution in [0.25, 0.3) is 0 Å². The zero-order chi connectivity index (χ0) is 13.2. The van der Waals surface area contributed by atoms with Crippen molar-refractivity contribution in [2.45, 2.75) is 17.9 Å². The zero-order valence-corrected chi connectivity index (χ0v) is 12.6. The number of halogens is 2. The minimum atomic E-state index is -1.58. The van der Waals surface area contributed by atoms with E-state index in [4.69, 9.17) is 5.11 Å². The van der Waals surface area contributed by atoms with Gasteiger partial charge in [-0.3, -0.25) is 4.79 Å². The summed E-state index contributed by atoms with van der Waals surface area (Å²) < 4.78 is 0.643. The summed E-state index contributed by atoms with van der Waals surface area (Å²) in [6, 6.07) is 4.93. The molecule has 0 aliphatic rings. The van der Waals surface area contributed by atoms with Crippen LogP contribution < -0.4 is 0 Å². The van der Waals surface area contributed by atoms with Crippen molar-refractivity contribution in [2.75, 3.05) is 0 Å². The number of carbonyl (C=O) groups excluding carboxylic acids is 1. The number of hydrogen-bond donors (Lipinski definition) is 2. The first-order chi connectivity index (χ1) is 7.84. The molecule has 0 aliphatic carbocycles. The Hall–Kier alpha value is -0.470. The maximum Gasteiger partial charge on any atom is 0.337 e. The average Bonchev–Trinajstić information content (AvgIpc) is 2.27. The van der Waals surface area contributed by atoms with Crippen molar-refractivity contribution in [1.82, 2.24) is 0 Å². The third-order valence-electron chi connectivity index (χ3n) is 2.20. The quantitative estimate of drug-likeness (QED) is 0.588. The standard InChI is InChI=1S/C11H10BrIO4/c1-5(14)9(12)6-2-3-8(13)7(4-6)10(15)11(16)17/h2-4,9-10,15H,1H3,(H,16,17). The molecule has 0 saturated heterocycles. The summed E-state index contributed by atoms with van der Waals surface area (Å²) in [5.74, 6) is -1.39. The van der Waals surface area contributed by atoms with Crippen LogP contribution in [0.5, 0.6) is 0 Å². The summed E-state index contributed by atoms with van der Waals surface area (Å²) in [5.41, 5.74) is 0.925. The Balaban J connectivity index is 3.19. The van der Waals surface area contributed by atoms with Crippen LogP contribution in [0, 0.1) is 3.57 Å². The number of Topliss-reactive ketones (excluding diaryl/α,β-unsaturated/α-hetero) is 1. The smallest absolute Gasteiger partial charge is 0.337 e. The van der Waals surface area contributed by atoms with Crippen molar-refractivity contribution in [3.05, 3.63) is 32.9 Å². The first kappa shape index (κ1) is 14.6. The van der Waals surface area contributed by atoms with Crippen LogP contribution >= 0.6 is 38.5 Å². The highest BCUT2D eigenvalue weighted by molar-refractivity contribution is 14.1. The number of rotatable bonds is 4. The minimum Gasteiger partial charge on any atom is -0.479 e. The maximum atomic E-state index is 11.2. The van der Waals surface area contributed by atoms with Crippen molar-refractivity contribution < 1.29 is 19.8 Å². The van der Waals surface area contributed by atoms with Gasteiger partial charge in [-0.15, -0.1) is 0 Å². The molecule has 17 heavy (non-hydrogen) atoms. The fraction of sp³-hybridized carbons (Fsp3) is 0.273. The van der Waals surface area contributed by atoms with Gasteiger partial charge in [0, 0.05) is 9.13 Å². The Morgan fingerprint density at radius 2 is 2.00 bits per heavy atom. The summed E-state index contributed by atoms with van der Waals surface area (Å²) in [5, 5.41) is 18.3. The van der Waals surface area contributed by atoms with E-state index in [1.807, 2.05) is 22.6 Å². The fourth-order valence-corrected chi connectivity index (χ4v) is 2.21. The SMILES string of the molecule is CC(=O)C(Br)c1ccc(I)c(C(O)C(=O)O)c1. The number of hydrogen-bond acceptors (Lipinski definition) is 3. The number of ketones is 1. The molecule has 0 bridgehead atoms. The number of carboxylic acid groups (broad SMARTS) is 1. The van der Waals surface area contributed by atoms with Crippen LogP contribution in [-0.4, -0.2) is 22.0 Å². The highest BCUT2D eigenvalue weighted by Crippen LogP contribution is 2.29. The third kappa shape index (κ3) is 3.49. The van der Waals surface area contributed by atoms with Gasteiger partial charge >= 0.3 is 5.97 Å². The van der Waals surface area contributed by atoms with E-state index in [0.717, 1.165) is 0 Å². The van der Waals surface area contributed by atoms with Gasteiger partial charge in [0.05, 0.1) is 4.83 Å². The molecule has 2 unspecified atom stereocenters. The minimum absolute atomic E-state index is 0.0815. The predicted molar refractivity (Wildman–Crippen MR) is 74.1 cm³/mol. The Morgan fingerprint density at radius 3 is 2.47 bits per heavy atom. The van der Waals surface area contributed by atoms with Crippen molar-refractivity contribution in [3.63, 3.8) is 0 Å². The summed E-state index contributed by atoms with van der Waals surface area (Å²) in [6.07, 6.45) is -1.58. The van der Waals surface area contributed by atoms with Crippen LogP contribution in [-0.2, 0) is 9.59 Å². The van der Waals surface area contributed by atoms with Gasteiger partial charge in [-0.25, -0.2) is 4.79 Å². The van der Waals surface area contributed by atoms with Crippen LogP contribution in [0.4, 0.5) is 0 Å². The molecular formula is C11H10BrIO4. The second-order valence-corrected chi connectivity index (χ2v) is 5.57. The van der Waals surface area contributed by atoms with E-state index in [1.54, 1.807) is 12.1 Å². The molecule has 2 atom stereocenters. The molecule has 0 saturated carbocycles. The van der Waals surface area contributed by atoms with Gasteiger partial charge in [-0.1, -0.05) is 22.0 Å². The molecule has 1 aromatic rings. The largest absolute Gasteiger partial charge is 0.479 e. The monoisotopic (exact) mass is 412 g/mol. The van der Waals surface area contributed by atoms with Crippen molar-refractivity contribution in [1.29, 1.82) is 0 Å². The molecule has 0 aliphatic heterocycles. The summed E-state index contributed by atoms with van der Waals surface area (Å²) >= 11 is 5.16. The second-order valence-electron chi connectivity index (χ2n) is 3.49. The molecule has 1 aromatic carbocycles. The Bertz CT molecular complexity index is 461. The molecule has 0 fully saturated rings. The van der Waals surface area contributed by atoms with Crippen LogP contribution in [0.3, 0.4) is 0 Å². The van der Waals surface area contributed by atoms with Crippen LogP contribution in [0.15, 0.2) is 18.2 Å². The Morgan fingerprint density at radius 1 is 1.41 bits per heavy atom. The molecule has 0 radical (unpaired) electrons. The molecule has 0 amide bonds. The van der Waals surface area contributed by atoms with E-state index < -0.39 is 16.9 Å². The molecule has 6 heteroatoms. The Labute approximate surface area is 120 Å². The van der Waals surface area contributed by atoms with Gasteiger partial charge in [0.15, 0.2) is 6.10 Å². The molecule has 0 aromatic heterocycles. The van der Waals surface area contributed by atoms with Crippen molar-refractivity contribution >= 4 is 50.3 Å². The Kier molecular flexibility index (Phi) is 5.08. The van der Waals surface area contributed by atoms with E-state index in [0.29, 0.717) is 14.7 Å². The molecule has 4 nitrogen and oxygen atoms in total. The van der Waals surface area contributed by atoms with E-state index >= 15 is 0 Å². The topological polar surface area (TPSA) is 74.6 Å². The second kappa shape index (κ2) is 5.92. The van der Waals surface area contributed by atoms with E-state index in [2.05, 4.69) is 15.9 Å². The lowest BCUT2D eigenvalue weighted by Gasteiger charge is -2.12. The predicted octanol–water partition coefficient (Wildman–Crippen LogP) is 2.43. The number of carboxylic acids is 1. The fourth-order valence-electron chi connectivity index (χ4n) is 1.30. The summed E-state index contributed by atoms with van der Waals surface area (Å²) in [7, 11) is 0. The van der Waals surface area contributed by atoms with Gasteiger partial charge in [0.25, 0.3) is 0 Å². The van der Waals surface area contributed by atoms with Crippen LogP contribution in [0.1, 0.15) is 29.0 Å². The first-order valence-corrected chi connectivity index (χ1v) is 6.68. The molecule has 92 valence electrons. The van der Waals surface area contributed by atoms with Crippen molar-refractivity contribution in [3.8, 4) is 0 Å². The lowest BCUT2D eigenvalue weighted by Crippen LogP contribution is -2.13. The molecular weight excluding hydrogens is 403 g/mol. The van der Waals surface area contributed by atoms with Gasteiger partial charge < -0.3 is 10.2 Å². The molecule has 2 N–H and O–H groups in total. The lowest BCUT2D eigenvalue weighted by molar-refractivity contribution is -0.147. The molecule has 0 heterocycles. The third-order valence-corrected chi connectivity index (χ3v) is 4.35. The lowest BCUT2D eigenvalue weighted by atomic mass is 10.0. The average molecular weight is 413 g/mol. The number of benzene rings is 1. The van der Waals surface area contributed by atoms with E-state index in [-0.39, 0.29) is 5.78 Å². The highest BCUT2D eigenvalue weighted by atomic mass is 127. The highest BCUT2D eigenvalue weighted by Gasteiger charge is 2.21. The van der Waals surface area contributed by atoms with E-state index in [1.165, 1.54) is 13.0 Å². The van der Waals surface area contributed by atoms with Crippen molar-refractivity contribution in [2.24, 2.45) is 0 Å². The maximum absolute atomic E-state index is 11.2. The van der Waals surface area contributed by atoms with Gasteiger partial charge in [-0.05, 0) is 47.2 Å². The normalized spacial score (nSPS) is 14.1. The zero-order valence-electron chi connectivity index (χ0n) is 8.85. The van der Waals surface area contributed by atoms with E-state index in [9.17, 15) is 14.7 Å².